The summed E-state index contributed by atoms with van der Waals surface area (Å²) in [7, 11) is 3.80. The van der Waals surface area contributed by atoms with Crippen LogP contribution in [0.5, 0.6) is 0 Å². The predicted molar refractivity (Wildman–Crippen MR) is 116 cm³/mol. The van der Waals surface area contributed by atoms with Gasteiger partial charge in [0.15, 0.2) is 5.82 Å². The fraction of sp³-hybridized carbons (Fsp3) is 0.130. The van der Waals surface area contributed by atoms with E-state index in [1.54, 1.807) is 24.4 Å². The van der Waals surface area contributed by atoms with Crippen molar-refractivity contribution in [1.82, 2.24) is 15.1 Å². The third-order valence-corrected chi connectivity index (χ3v) is 4.68. The zero-order valence-electron chi connectivity index (χ0n) is 17.0. The highest BCUT2D eigenvalue weighted by Gasteiger charge is 2.18. The van der Waals surface area contributed by atoms with Crippen LogP contribution in [0.3, 0.4) is 0 Å². The molecule has 0 radical (unpaired) electrons. The van der Waals surface area contributed by atoms with Crippen molar-refractivity contribution < 1.29 is 13.7 Å². The smallest absolute Gasteiger partial charge is 0.231 e. The molecule has 2 aromatic heterocycles. The molecule has 0 atom stereocenters. The average Bonchev–Trinajstić information content (AvgIpc) is 3.27. The topological polar surface area (TPSA) is 84.2 Å². The normalized spacial score (nSPS) is 10.7. The van der Waals surface area contributed by atoms with Gasteiger partial charge in [0.1, 0.15) is 11.6 Å². The number of halogens is 1. The zero-order chi connectivity index (χ0) is 21.8. The van der Waals surface area contributed by atoms with Crippen LogP contribution >= 0.6 is 0 Å². The molecule has 0 unspecified atom stereocenters. The summed E-state index contributed by atoms with van der Waals surface area (Å²) in [6.45, 7) is 0. The Morgan fingerprint density at radius 2 is 1.87 bits per heavy atom. The lowest BCUT2D eigenvalue weighted by Crippen LogP contribution is -2.15. The lowest BCUT2D eigenvalue weighted by Gasteiger charge is -2.16. The van der Waals surface area contributed by atoms with Crippen molar-refractivity contribution in [3.8, 4) is 22.5 Å². The fourth-order valence-corrected chi connectivity index (χ4v) is 3.25. The summed E-state index contributed by atoms with van der Waals surface area (Å²) in [5.74, 6) is 0.940. The molecular weight excluding hydrogens is 397 g/mol. The van der Waals surface area contributed by atoms with Crippen molar-refractivity contribution in [3.63, 3.8) is 0 Å². The van der Waals surface area contributed by atoms with Crippen LogP contribution in [0.1, 0.15) is 5.56 Å². The van der Waals surface area contributed by atoms with E-state index in [0.717, 1.165) is 28.1 Å². The number of aromatic nitrogens is 3. The molecule has 0 fully saturated rings. The molecule has 1 amide bonds. The molecule has 0 aliphatic rings. The van der Waals surface area contributed by atoms with Crippen molar-refractivity contribution in [2.75, 3.05) is 24.3 Å². The molecule has 0 saturated heterocycles. The molecule has 0 bridgehead atoms. The molecule has 0 aliphatic heterocycles. The van der Waals surface area contributed by atoms with Crippen LogP contribution in [0.4, 0.5) is 16.1 Å². The number of amides is 1. The van der Waals surface area contributed by atoms with Gasteiger partial charge in [-0.1, -0.05) is 35.5 Å². The van der Waals surface area contributed by atoms with Crippen LogP contribution in [0.2, 0.25) is 0 Å². The average molecular weight is 417 g/mol. The second-order valence-corrected chi connectivity index (χ2v) is 7.08. The van der Waals surface area contributed by atoms with Gasteiger partial charge >= 0.3 is 0 Å². The maximum Gasteiger partial charge on any atom is 0.231 e. The first-order chi connectivity index (χ1) is 15.0. The number of hydrogen-bond acceptors (Lipinski definition) is 6. The summed E-state index contributed by atoms with van der Waals surface area (Å²) in [6.07, 6.45) is 3.22. The monoisotopic (exact) mass is 417 g/mol. The number of nitrogens with zero attached hydrogens (tertiary/aromatic N) is 4. The van der Waals surface area contributed by atoms with Gasteiger partial charge in [0.05, 0.1) is 12.6 Å². The molecular formula is C23H20FN5O2. The maximum atomic E-state index is 13.6. The fourth-order valence-electron chi connectivity index (χ4n) is 3.25. The Balaban J connectivity index is 1.79. The molecule has 8 heteroatoms. The summed E-state index contributed by atoms with van der Waals surface area (Å²) >= 11 is 0. The molecule has 4 rings (SSSR count). The van der Waals surface area contributed by atoms with Crippen LogP contribution in [0.15, 0.2) is 71.5 Å². The minimum atomic E-state index is -0.336. The molecule has 31 heavy (non-hydrogen) atoms. The van der Waals surface area contributed by atoms with Crippen LogP contribution in [-0.4, -0.2) is 35.1 Å². The van der Waals surface area contributed by atoms with E-state index in [-0.39, 0.29) is 24.0 Å². The van der Waals surface area contributed by atoms with Gasteiger partial charge in [-0.3, -0.25) is 10.1 Å². The van der Waals surface area contributed by atoms with Crippen LogP contribution in [0, 0.1) is 5.82 Å². The Labute approximate surface area is 178 Å². The highest BCUT2D eigenvalue weighted by atomic mass is 19.1. The van der Waals surface area contributed by atoms with Gasteiger partial charge in [-0.15, -0.1) is 0 Å². The second-order valence-electron chi connectivity index (χ2n) is 7.08. The third kappa shape index (κ3) is 4.58. The number of carbonyl (C=O) groups excluding carboxylic acids is 1. The summed E-state index contributed by atoms with van der Waals surface area (Å²) in [4.78, 5) is 23.6. The van der Waals surface area contributed by atoms with Crippen LogP contribution < -0.4 is 10.2 Å². The maximum absolute atomic E-state index is 13.6. The van der Waals surface area contributed by atoms with E-state index in [1.165, 1.54) is 18.3 Å². The van der Waals surface area contributed by atoms with Crippen molar-refractivity contribution in [1.29, 1.82) is 0 Å². The summed E-state index contributed by atoms with van der Waals surface area (Å²) in [6, 6.07) is 15.1. The van der Waals surface area contributed by atoms with E-state index in [1.807, 2.05) is 43.3 Å². The van der Waals surface area contributed by atoms with Crippen LogP contribution in [0.25, 0.3) is 22.5 Å². The number of benzene rings is 2. The van der Waals surface area contributed by atoms with Gasteiger partial charge in [0, 0.05) is 31.9 Å². The first-order valence-electron chi connectivity index (χ1n) is 9.60. The van der Waals surface area contributed by atoms with E-state index < -0.39 is 0 Å². The molecule has 1 N–H and O–H groups in total. The molecule has 4 aromatic rings. The lowest BCUT2D eigenvalue weighted by atomic mass is 9.92. The minimum absolute atomic E-state index is 0.0780. The van der Waals surface area contributed by atoms with Gasteiger partial charge in [0.2, 0.25) is 11.8 Å². The Morgan fingerprint density at radius 1 is 1.06 bits per heavy atom. The van der Waals surface area contributed by atoms with E-state index in [0.29, 0.717) is 5.82 Å². The Hall–Kier alpha value is -4.07. The van der Waals surface area contributed by atoms with E-state index >= 15 is 0 Å². The highest BCUT2D eigenvalue weighted by molar-refractivity contribution is 5.94. The Bertz CT molecular complexity index is 1190. The summed E-state index contributed by atoms with van der Waals surface area (Å²) in [5.41, 5.74) is 3.03. The molecule has 7 nitrogen and oxygen atoms in total. The summed E-state index contributed by atoms with van der Waals surface area (Å²) < 4.78 is 18.5. The van der Waals surface area contributed by atoms with Crippen molar-refractivity contribution in [3.05, 3.63) is 78.4 Å². The predicted octanol–water partition coefficient (Wildman–Crippen LogP) is 4.18. The lowest BCUT2D eigenvalue weighted by molar-refractivity contribution is -0.115. The van der Waals surface area contributed by atoms with Crippen molar-refractivity contribution in [2.45, 2.75) is 6.42 Å². The molecule has 0 saturated carbocycles. The van der Waals surface area contributed by atoms with Gasteiger partial charge in [-0.25, -0.2) is 14.4 Å². The molecule has 2 aromatic carbocycles. The van der Waals surface area contributed by atoms with Gasteiger partial charge in [-0.2, -0.15) is 0 Å². The van der Waals surface area contributed by atoms with Gasteiger partial charge in [0.25, 0.3) is 0 Å². The Kier molecular flexibility index (Phi) is 5.70. The first-order valence-corrected chi connectivity index (χ1v) is 9.60. The highest BCUT2D eigenvalue weighted by Crippen LogP contribution is 2.34. The minimum Gasteiger partial charge on any atom is -0.363 e. The Morgan fingerprint density at radius 3 is 2.58 bits per heavy atom. The number of anilines is 2. The number of carbonyl (C=O) groups is 1. The molecule has 156 valence electrons. The first kappa shape index (κ1) is 20.2. The van der Waals surface area contributed by atoms with Crippen molar-refractivity contribution in [2.24, 2.45) is 0 Å². The second kappa shape index (κ2) is 8.74. The van der Waals surface area contributed by atoms with Crippen molar-refractivity contribution >= 4 is 17.6 Å². The SMILES string of the molecule is CN(C)c1ccnc(-c2cccc(CC(=O)Nc3ccno3)c2-c2ccc(F)cc2)n1. The van der Waals surface area contributed by atoms with E-state index in [2.05, 4.69) is 20.4 Å². The van der Waals surface area contributed by atoms with E-state index in [9.17, 15) is 9.18 Å². The van der Waals surface area contributed by atoms with E-state index in [4.69, 9.17) is 4.52 Å². The number of rotatable bonds is 6. The standard InChI is InChI=1S/C23H20FN5O2/c1-29(2)19-10-12-25-23(27-19)18-5-3-4-16(14-20(30)28-21-11-13-26-31-21)22(18)15-6-8-17(24)9-7-15/h3-13H,14H2,1-2H3,(H,28,30). The van der Waals surface area contributed by atoms with Gasteiger partial charge < -0.3 is 9.42 Å². The number of nitrogens with one attached hydrogen (secondary N) is 1. The molecule has 0 spiro atoms. The quantitative estimate of drug-likeness (QED) is 0.507. The third-order valence-electron chi connectivity index (χ3n) is 4.68. The largest absolute Gasteiger partial charge is 0.363 e. The molecule has 0 aliphatic carbocycles. The van der Waals surface area contributed by atoms with Crippen LogP contribution in [-0.2, 0) is 11.2 Å². The van der Waals surface area contributed by atoms with Gasteiger partial charge in [-0.05, 0) is 34.9 Å². The summed E-state index contributed by atoms with van der Waals surface area (Å²) in [5, 5.41) is 6.26. The molecule has 2 heterocycles. The number of hydrogen-bond donors (Lipinski definition) is 1. The zero-order valence-corrected chi connectivity index (χ0v) is 17.0.